The Balaban J connectivity index is 0.00000176. The molecule has 2 aromatic rings. The first kappa shape index (κ1) is 22.7. The molecule has 0 aromatic heterocycles. The Morgan fingerprint density at radius 1 is 1.11 bits per heavy atom. The largest absolute Gasteiger partial charge is 0.310 e. The molecule has 0 spiro atoms. The molecule has 0 N–H and O–H groups in total. The monoisotopic (exact) mass is 382 g/mol. The van der Waals surface area contributed by atoms with Crippen molar-refractivity contribution in [3.05, 3.63) is 70.6 Å². The van der Waals surface area contributed by atoms with E-state index in [-0.39, 0.29) is 0 Å². The smallest absolute Gasteiger partial charge is 0.214 e. The van der Waals surface area contributed by atoms with Crippen molar-refractivity contribution >= 4 is 35.3 Å². The van der Waals surface area contributed by atoms with Gasteiger partial charge in [0.25, 0.3) is 0 Å². The molecule has 0 saturated carbocycles. The van der Waals surface area contributed by atoms with E-state index in [1.54, 1.807) is 16.7 Å². The maximum atomic E-state index is 11.6. The lowest BCUT2D eigenvalue weighted by atomic mass is 10.1. The van der Waals surface area contributed by atoms with Crippen LogP contribution in [-0.2, 0) is 4.79 Å². The molecule has 2 aromatic carbocycles. The van der Waals surface area contributed by atoms with Crippen molar-refractivity contribution in [1.82, 2.24) is 0 Å². The third-order valence-electron chi connectivity index (χ3n) is 4.05. The maximum Gasteiger partial charge on any atom is 0.214 e. The molecule has 0 saturated heterocycles. The molecule has 0 aliphatic heterocycles. The molecule has 0 bridgehead atoms. The molecule has 0 unspecified atom stereocenters. The standard InChI is InChI=1S/C21H24N2OS.C2H6/c1-16-10-11-19(14-17(16)2)22-18(3)20-8-5-6-9-21(20)23(15-24)12-7-13-25-4;1-2/h5-11,13-15H,12H2,1-4H3;1-2H3/b13-7-,22-18?;. The quantitative estimate of drug-likeness (QED) is 0.415. The van der Waals surface area contributed by atoms with Gasteiger partial charge in [-0.3, -0.25) is 9.79 Å². The summed E-state index contributed by atoms with van der Waals surface area (Å²) >= 11 is 1.62. The molecule has 0 radical (unpaired) electrons. The highest BCUT2D eigenvalue weighted by Crippen LogP contribution is 2.24. The summed E-state index contributed by atoms with van der Waals surface area (Å²) < 4.78 is 0. The SMILES string of the molecule is CC.CS/C=C\CN(C=O)c1ccccc1C(C)=Nc1ccc(C)c(C)c1. The second-order valence-electron chi connectivity index (χ2n) is 5.85. The van der Waals surface area contributed by atoms with Crippen LogP contribution in [0.3, 0.4) is 0 Å². The Morgan fingerprint density at radius 2 is 1.81 bits per heavy atom. The minimum atomic E-state index is 0.540. The van der Waals surface area contributed by atoms with E-state index in [0.29, 0.717) is 6.54 Å². The molecule has 4 heteroatoms. The number of carbonyl (C=O) groups excluding carboxylic acids is 1. The number of thioether (sulfide) groups is 1. The fourth-order valence-electron chi connectivity index (χ4n) is 2.53. The van der Waals surface area contributed by atoms with Gasteiger partial charge in [-0.1, -0.05) is 44.2 Å². The van der Waals surface area contributed by atoms with Crippen LogP contribution in [-0.4, -0.2) is 24.9 Å². The first-order chi connectivity index (χ1) is 13.1. The topological polar surface area (TPSA) is 32.7 Å². The molecule has 144 valence electrons. The van der Waals surface area contributed by atoms with E-state index in [1.165, 1.54) is 11.1 Å². The molecule has 27 heavy (non-hydrogen) atoms. The Kier molecular flexibility index (Phi) is 10.2. The zero-order chi connectivity index (χ0) is 20.2. The number of amides is 1. The molecule has 2 rings (SSSR count). The summed E-state index contributed by atoms with van der Waals surface area (Å²) in [7, 11) is 0. The molecule has 0 heterocycles. The summed E-state index contributed by atoms with van der Waals surface area (Å²) in [6.07, 6.45) is 4.84. The summed E-state index contributed by atoms with van der Waals surface area (Å²) in [6, 6.07) is 14.1. The fraction of sp³-hybridized carbons (Fsp3) is 0.304. The van der Waals surface area contributed by atoms with Crippen LogP contribution in [0.15, 0.2) is 58.9 Å². The number of nitrogens with zero attached hydrogens (tertiary/aromatic N) is 2. The van der Waals surface area contributed by atoms with Crippen LogP contribution in [0, 0.1) is 13.8 Å². The highest BCUT2D eigenvalue weighted by atomic mass is 32.2. The van der Waals surface area contributed by atoms with Gasteiger partial charge in [0.15, 0.2) is 0 Å². The average molecular weight is 383 g/mol. The van der Waals surface area contributed by atoms with Crippen LogP contribution in [0.5, 0.6) is 0 Å². The van der Waals surface area contributed by atoms with Gasteiger partial charge in [0.2, 0.25) is 6.41 Å². The number of aliphatic imine (C=N–C) groups is 1. The Morgan fingerprint density at radius 3 is 2.44 bits per heavy atom. The summed E-state index contributed by atoms with van der Waals surface area (Å²) in [5.41, 5.74) is 6.12. The zero-order valence-electron chi connectivity index (χ0n) is 17.2. The second-order valence-corrected chi connectivity index (χ2v) is 6.59. The van der Waals surface area contributed by atoms with Crippen molar-refractivity contribution in [1.29, 1.82) is 0 Å². The third kappa shape index (κ3) is 6.72. The first-order valence-electron chi connectivity index (χ1n) is 9.18. The highest BCUT2D eigenvalue weighted by molar-refractivity contribution is 8.01. The van der Waals surface area contributed by atoms with Crippen LogP contribution in [0.25, 0.3) is 0 Å². The van der Waals surface area contributed by atoms with Gasteiger partial charge >= 0.3 is 0 Å². The van der Waals surface area contributed by atoms with Crippen LogP contribution < -0.4 is 4.90 Å². The number of benzene rings is 2. The zero-order valence-corrected chi connectivity index (χ0v) is 18.0. The number of rotatable bonds is 7. The van der Waals surface area contributed by atoms with Gasteiger partial charge in [-0.15, -0.1) is 11.8 Å². The number of anilines is 1. The van der Waals surface area contributed by atoms with E-state index in [9.17, 15) is 4.79 Å². The predicted molar refractivity (Wildman–Crippen MR) is 122 cm³/mol. The van der Waals surface area contributed by atoms with Crippen molar-refractivity contribution in [2.75, 3.05) is 17.7 Å². The first-order valence-corrected chi connectivity index (χ1v) is 10.5. The normalized spacial score (nSPS) is 11.1. The fourth-order valence-corrected chi connectivity index (χ4v) is 2.81. The molecule has 0 aliphatic rings. The van der Waals surface area contributed by atoms with Crippen LogP contribution in [0.2, 0.25) is 0 Å². The van der Waals surface area contributed by atoms with Crippen LogP contribution >= 0.6 is 11.8 Å². The molecule has 0 atom stereocenters. The van der Waals surface area contributed by atoms with Gasteiger partial charge in [-0.2, -0.15) is 0 Å². The molecular formula is C23H30N2OS. The van der Waals surface area contributed by atoms with Gasteiger partial charge in [0.05, 0.1) is 11.4 Å². The number of hydrogen-bond donors (Lipinski definition) is 0. The summed E-state index contributed by atoms with van der Waals surface area (Å²) in [4.78, 5) is 18.0. The lowest BCUT2D eigenvalue weighted by Gasteiger charge is -2.19. The Labute approximate surface area is 168 Å². The van der Waals surface area contributed by atoms with Crippen LogP contribution in [0.4, 0.5) is 11.4 Å². The van der Waals surface area contributed by atoms with Gasteiger partial charge in [-0.25, -0.2) is 0 Å². The average Bonchev–Trinajstić information content (AvgIpc) is 2.70. The lowest BCUT2D eigenvalue weighted by molar-refractivity contribution is -0.107. The van der Waals surface area contributed by atoms with E-state index < -0.39 is 0 Å². The van der Waals surface area contributed by atoms with Crippen molar-refractivity contribution in [3.63, 3.8) is 0 Å². The summed E-state index contributed by atoms with van der Waals surface area (Å²) in [5, 5.41) is 1.98. The van der Waals surface area contributed by atoms with Gasteiger partial charge < -0.3 is 4.90 Å². The minimum Gasteiger partial charge on any atom is -0.310 e. The summed E-state index contributed by atoms with van der Waals surface area (Å²) in [6.45, 7) is 10.7. The van der Waals surface area contributed by atoms with E-state index in [0.717, 1.165) is 29.1 Å². The van der Waals surface area contributed by atoms with Gasteiger partial charge in [-0.05, 0) is 61.8 Å². The molecular weight excluding hydrogens is 352 g/mol. The molecule has 0 fully saturated rings. The van der Waals surface area contributed by atoms with E-state index in [2.05, 4.69) is 26.0 Å². The van der Waals surface area contributed by atoms with Crippen molar-refractivity contribution < 1.29 is 4.79 Å². The van der Waals surface area contributed by atoms with Crippen molar-refractivity contribution in [2.24, 2.45) is 4.99 Å². The highest BCUT2D eigenvalue weighted by Gasteiger charge is 2.11. The minimum absolute atomic E-state index is 0.540. The van der Waals surface area contributed by atoms with Crippen molar-refractivity contribution in [3.8, 4) is 0 Å². The second kappa shape index (κ2) is 12.1. The van der Waals surface area contributed by atoms with E-state index >= 15 is 0 Å². The third-order valence-corrected chi connectivity index (χ3v) is 4.52. The predicted octanol–water partition coefficient (Wildman–Crippen LogP) is 6.31. The van der Waals surface area contributed by atoms with Crippen LogP contribution in [0.1, 0.15) is 37.5 Å². The van der Waals surface area contributed by atoms with E-state index in [1.807, 2.05) is 68.8 Å². The van der Waals surface area contributed by atoms with Crippen molar-refractivity contribution in [2.45, 2.75) is 34.6 Å². The molecule has 1 amide bonds. The number of hydrogen-bond acceptors (Lipinski definition) is 3. The van der Waals surface area contributed by atoms with E-state index in [4.69, 9.17) is 4.99 Å². The number of para-hydroxylation sites is 1. The molecule has 3 nitrogen and oxygen atoms in total. The van der Waals surface area contributed by atoms with Gasteiger partial charge in [0, 0.05) is 17.8 Å². The maximum absolute atomic E-state index is 11.6. The molecule has 0 aliphatic carbocycles. The van der Waals surface area contributed by atoms with Gasteiger partial charge in [0.1, 0.15) is 0 Å². The summed E-state index contributed by atoms with van der Waals surface area (Å²) in [5.74, 6) is 0. The number of carbonyl (C=O) groups is 1. The Hall–Kier alpha value is -2.33. The Bertz CT molecular complexity index is 797. The lowest BCUT2D eigenvalue weighted by Crippen LogP contribution is -2.23. The number of aryl methyl sites for hydroxylation is 2.